The lowest BCUT2D eigenvalue weighted by Gasteiger charge is -2.38. The molecule has 0 aromatic carbocycles. The van der Waals surface area contributed by atoms with Crippen molar-refractivity contribution in [2.45, 2.75) is 33.7 Å². The molecule has 3 nitrogen and oxygen atoms in total. The molecule has 0 atom stereocenters. The minimum absolute atomic E-state index is 0.375. The third-order valence-electron chi connectivity index (χ3n) is 3.24. The summed E-state index contributed by atoms with van der Waals surface area (Å²) in [5.74, 6) is 0. The molecule has 96 valence electrons. The molecule has 0 radical (unpaired) electrons. The first-order valence-electron chi connectivity index (χ1n) is 6.53. The average molecular weight is 227 g/mol. The second-order valence-electron chi connectivity index (χ2n) is 6.28. The van der Waals surface area contributed by atoms with Crippen molar-refractivity contribution in [1.82, 2.24) is 15.1 Å². The van der Waals surface area contributed by atoms with Crippen molar-refractivity contribution >= 4 is 0 Å². The predicted molar refractivity (Wildman–Crippen MR) is 70.9 cm³/mol. The van der Waals surface area contributed by atoms with Crippen LogP contribution in [0.1, 0.15) is 27.7 Å². The quantitative estimate of drug-likeness (QED) is 0.763. The van der Waals surface area contributed by atoms with Crippen LogP contribution in [-0.2, 0) is 0 Å². The number of likely N-dealkylation sites (N-methyl/N-ethyl adjacent to an activating group) is 1. The monoisotopic (exact) mass is 227 g/mol. The van der Waals surface area contributed by atoms with Gasteiger partial charge in [0.25, 0.3) is 0 Å². The molecule has 1 aliphatic rings. The molecule has 1 heterocycles. The van der Waals surface area contributed by atoms with E-state index in [9.17, 15) is 0 Å². The van der Waals surface area contributed by atoms with Crippen molar-refractivity contribution in [3.05, 3.63) is 0 Å². The SMILES string of the molecule is CC(C)NCC(C)(C)CN1CCN(C)CC1. The minimum Gasteiger partial charge on any atom is -0.314 e. The van der Waals surface area contributed by atoms with Crippen LogP contribution in [0.15, 0.2) is 0 Å². The van der Waals surface area contributed by atoms with Crippen molar-refractivity contribution < 1.29 is 0 Å². The van der Waals surface area contributed by atoms with Gasteiger partial charge >= 0.3 is 0 Å². The van der Waals surface area contributed by atoms with E-state index in [1.165, 1.54) is 32.7 Å². The summed E-state index contributed by atoms with van der Waals surface area (Å²) in [6.07, 6.45) is 0. The van der Waals surface area contributed by atoms with Crippen LogP contribution in [0.3, 0.4) is 0 Å². The fraction of sp³-hybridized carbons (Fsp3) is 1.00. The average Bonchev–Trinajstić information content (AvgIpc) is 2.19. The summed E-state index contributed by atoms with van der Waals surface area (Å²) in [5, 5.41) is 3.55. The van der Waals surface area contributed by atoms with Crippen LogP contribution >= 0.6 is 0 Å². The summed E-state index contributed by atoms with van der Waals surface area (Å²) in [5.41, 5.74) is 0.375. The molecule has 1 N–H and O–H groups in total. The normalized spacial score (nSPS) is 20.6. The van der Waals surface area contributed by atoms with Crippen LogP contribution in [0.5, 0.6) is 0 Å². The zero-order chi connectivity index (χ0) is 12.2. The van der Waals surface area contributed by atoms with Crippen LogP contribution in [0.2, 0.25) is 0 Å². The first-order chi connectivity index (χ1) is 7.39. The van der Waals surface area contributed by atoms with Crippen LogP contribution in [0.4, 0.5) is 0 Å². The molecule has 1 saturated heterocycles. The Bertz CT molecular complexity index is 193. The number of rotatable bonds is 5. The van der Waals surface area contributed by atoms with Crippen molar-refractivity contribution in [2.24, 2.45) is 5.41 Å². The number of nitrogens with one attached hydrogen (secondary N) is 1. The van der Waals surface area contributed by atoms with Gasteiger partial charge in [0.05, 0.1) is 0 Å². The van der Waals surface area contributed by atoms with Gasteiger partial charge in [-0.1, -0.05) is 27.7 Å². The molecule has 0 saturated carbocycles. The highest BCUT2D eigenvalue weighted by molar-refractivity contribution is 4.80. The van der Waals surface area contributed by atoms with Crippen LogP contribution < -0.4 is 5.32 Å². The highest BCUT2D eigenvalue weighted by Crippen LogP contribution is 2.17. The molecule has 0 aromatic rings. The zero-order valence-corrected chi connectivity index (χ0v) is 11.7. The van der Waals surface area contributed by atoms with E-state index in [0.29, 0.717) is 11.5 Å². The molecular weight excluding hydrogens is 198 g/mol. The highest BCUT2D eigenvalue weighted by atomic mass is 15.2. The second kappa shape index (κ2) is 5.99. The van der Waals surface area contributed by atoms with Crippen molar-refractivity contribution in [3.8, 4) is 0 Å². The molecule has 0 amide bonds. The van der Waals surface area contributed by atoms with Gasteiger partial charge in [0.1, 0.15) is 0 Å². The molecule has 3 heteroatoms. The zero-order valence-electron chi connectivity index (χ0n) is 11.7. The molecule has 1 fully saturated rings. The van der Waals surface area contributed by atoms with E-state index in [1.54, 1.807) is 0 Å². The fourth-order valence-electron chi connectivity index (χ4n) is 2.15. The Labute approximate surface area is 101 Å². The summed E-state index contributed by atoms with van der Waals surface area (Å²) >= 11 is 0. The lowest BCUT2D eigenvalue weighted by Crippen LogP contribution is -2.49. The fourth-order valence-corrected chi connectivity index (χ4v) is 2.15. The molecular formula is C13H29N3. The summed E-state index contributed by atoms with van der Waals surface area (Å²) in [6, 6.07) is 0.590. The summed E-state index contributed by atoms with van der Waals surface area (Å²) in [4.78, 5) is 5.01. The Balaban J connectivity index is 2.28. The van der Waals surface area contributed by atoms with Crippen LogP contribution in [0, 0.1) is 5.41 Å². The molecule has 0 unspecified atom stereocenters. The summed E-state index contributed by atoms with van der Waals surface area (Å²) < 4.78 is 0. The van der Waals surface area contributed by atoms with E-state index >= 15 is 0 Å². The van der Waals surface area contributed by atoms with Gasteiger partial charge in [0, 0.05) is 45.3 Å². The largest absolute Gasteiger partial charge is 0.314 e. The van der Waals surface area contributed by atoms with E-state index < -0.39 is 0 Å². The maximum atomic E-state index is 3.55. The topological polar surface area (TPSA) is 18.5 Å². The van der Waals surface area contributed by atoms with E-state index in [2.05, 4.69) is 49.9 Å². The number of nitrogens with zero attached hydrogens (tertiary/aromatic N) is 2. The first-order valence-corrected chi connectivity index (χ1v) is 6.53. The van der Waals surface area contributed by atoms with Crippen molar-refractivity contribution in [2.75, 3.05) is 46.3 Å². The Morgan fingerprint density at radius 3 is 2.19 bits per heavy atom. The van der Waals surface area contributed by atoms with Crippen LogP contribution in [0.25, 0.3) is 0 Å². The van der Waals surface area contributed by atoms with Gasteiger partial charge in [0.15, 0.2) is 0 Å². The van der Waals surface area contributed by atoms with E-state index in [0.717, 1.165) is 6.54 Å². The molecule has 0 spiro atoms. The third kappa shape index (κ3) is 5.28. The molecule has 16 heavy (non-hydrogen) atoms. The third-order valence-corrected chi connectivity index (χ3v) is 3.24. The molecule has 0 aromatic heterocycles. The highest BCUT2D eigenvalue weighted by Gasteiger charge is 2.23. The van der Waals surface area contributed by atoms with Gasteiger partial charge in [-0.2, -0.15) is 0 Å². The van der Waals surface area contributed by atoms with E-state index in [1.807, 2.05) is 0 Å². The van der Waals surface area contributed by atoms with Crippen LogP contribution in [-0.4, -0.2) is 62.2 Å². The van der Waals surface area contributed by atoms with Crippen molar-refractivity contribution in [1.29, 1.82) is 0 Å². The van der Waals surface area contributed by atoms with E-state index in [4.69, 9.17) is 0 Å². The van der Waals surface area contributed by atoms with Gasteiger partial charge in [-0.25, -0.2) is 0 Å². The van der Waals surface area contributed by atoms with Gasteiger partial charge < -0.3 is 15.1 Å². The maximum Gasteiger partial charge on any atom is 0.0110 e. The Morgan fingerprint density at radius 2 is 1.69 bits per heavy atom. The number of hydrogen-bond donors (Lipinski definition) is 1. The van der Waals surface area contributed by atoms with Gasteiger partial charge in [0.2, 0.25) is 0 Å². The molecule has 0 aliphatic carbocycles. The Morgan fingerprint density at radius 1 is 1.12 bits per heavy atom. The van der Waals surface area contributed by atoms with Gasteiger partial charge in [-0.3, -0.25) is 0 Å². The summed E-state index contributed by atoms with van der Waals surface area (Å²) in [6.45, 7) is 16.3. The lowest BCUT2D eigenvalue weighted by atomic mass is 9.92. The molecule has 1 rings (SSSR count). The van der Waals surface area contributed by atoms with Gasteiger partial charge in [-0.05, 0) is 12.5 Å². The number of piperazine rings is 1. The lowest BCUT2D eigenvalue weighted by molar-refractivity contribution is 0.109. The van der Waals surface area contributed by atoms with E-state index in [-0.39, 0.29) is 0 Å². The molecule has 0 bridgehead atoms. The Hall–Kier alpha value is -0.120. The molecule has 1 aliphatic heterocycles. The standard InChI is InChI=1S/C13H29N3/c1-12(2)14-10-13(3,4)11-16-8-6-15(5)7-9-16/h12,14H,6-11H2,1-5H3. The van der Waals surface area contributed by atoms with Gasteiger partial charge in [-0.15, -0.1) is 0 Å². The van der Waals surface area contributed by atoms with Crippen molar-refractivity contribution in [3.63, 3.8) is 0 Å². The minimum atomic E-state index is 0.375. The summed E-state index contributed by atoms with van der Waals surface area (Å²) in [7, 11) is 2.21. The smallest absolute Gasteiger partial charge is 0.0110 e. The second-order valence-corrected chi connectivity index (χ2v) is 6.28. The number of hydrogen-bond acceptors (Lipinski definition) is 3. The maximum absolute atomic E-state index is 3.55. The first kappa shape index (κ1) is 13.9. The Kier molecular flexibility index (Phi) is 5.22. The predicted octanol–water partition coefficient (Wildman–Crippen LogP) is 1.26.